The highest BCUT2D eigenvalue weighted by Gasteiger charge is 2.39. The zero-order chi connectivity index (χ0) is 31.7. The predicted octanol–water partition coefficient (Wildman–Crippen LogP) is 7.40. The van der Waals surface area contributed by atoms with E-state index in [9.17, 15) is 5.11 Å². The van der Waals surface area contributed by atoms with Crippen LogP contribution >= 0.6 is 23.2 Å². The van der Waals surface area contributed by atoms with E-state index in [1.807, 2.05) is 36.4 Å². The predicted molar refractivity (Wildman–Crippen MR) is 182 cm³/mol. The monoisotopic (exact) mass is 656 g/mol. The molecule has 0 amide bonds. The number of aryl methyl sites for hydroxylation is 2. The van der Waals surface area contributed by atoms with E-state index in [2.05, 4.69) is 28.9 Å². The van der Waals surface area contributed by atoms with E-state index in [4.69, 9.17) is 42.6 Å². The molecule has 0 radical (unpaired) electrons. The van der Waals surface area contributed by atoms with Gasteiger partial charge in [0.05, 0.1) is 41.8 Å². The van der Waals surface area contributed by atoms with Crippen LogP contribution in [0.5, 0.6) is 11.8 Å². The van der Waals surface area contributed by atoms with E-state index >= 15 is 0 Å². The number of β-amino-alcohol motifs (C(OH)–C–C–N with tert-alkyl or cyclic N) is 1. The van der Waals surface area contributed by atoms with Crippen molar-refractivity contribution in [2.75, 3.05) is 40.4 Å². The van der Waals surface area contributed by atoms with Gasteiger partial charge in [-0.05, 0) is 54.9 Å². The number of hydrogen-bond acceptors (Lipinski definition) is 7. The minimum Gasteiger partial charge on any atom is -0.481 e. The topological polar surface area (TPSA) is 71.0 Å². The second kappa shape index (κ2) is 11.8. The van der Waals surface area contributed by atoms with Crippen LogP contribution in [0.2, 0.25) is 10.0 Å². The molecule has 7 nitrogen and oxygen atoms in total. The number of nitrogens with zero attached hydrogens (tertiary/aromatic N) is 4. The standard InChI is InChI=1S/C37H38Cl2N4O3/c1-20-16-42(17-20)30-12-10-21-14-28(40-36(45-2)32(21)30)26-8-4-6-24(34(26)38)25-7-5-9-27(35(25)39)29-15-22-11-13-31(43-18-23(44)19-43)33(22)37(41-29)46-3/h4-9,14-15,20,23,30-31,44H,10-13,16-19H2,1-3H3/t30-,31+/m1/s1. The molecule has 1 N–H and O–H groups in total. The quantitative estimate of drug-likeness (QED) is 0.222. The molecule has 2 atom stereocenters. The third-order valence-electron chi connectivity index (χ3n) is 10.3. The number of likely N-dealkylation sites (tertiary alicyclic amines) is 2. The molecule has 238 valence electrons. The lowest BCUT2D eigenvalue weighted by Crippen LogP contribution is -2.51. The third-order valence-corrected chi connectivity index (χ3v) is 11.2. The number of aliphatic hydroxyl groups is 1. The molecule has 4 aromatic rings. The average molecular weight is 658 g/mol. The van der Waals surface area contributed by atoms with Gasteiger partial charge >= 0.3 is 0 Å². The molecule has 2 aliphatic carbocycles. The maximum absolute atomic E-state index is 9.88. The summed E-state index contributed by atoms with van der Waals surface area (Å²) in [5, 5.41) is 11.1. The summed E-state index contributed by atoms with van der Waals surface area (Å²) >= 11 is 14.4. The van der Waals surface area contributed by atoms with Gasteiger partial charge in [0.15, 0.2) is 0 Å². The molecule has 46 heavy (non-hydrogen) atoms. The fourth-order valence-electron chi connectivity index (χ4n) is 8.10. The van der Waals surface area contributed by atoms with Crippen molar-refractivity contribution in [1.82, 2.24) is 19.8 Å². The van der Waals surface area contributed by atoms with Gasteiger partial charge in [-0.2, -0.15) is 0 Å². The molecule has 2 aromatic carbocycles. The van der Waals surface area contributed by atoms with Crippen molar-refractivity contribution in [3.8, 4) is 45.4 Å². The first-order valence-corrected chi connectivity index (χ1v) is 17.0. The van der Waals surface area contributed by atoms with Crippen molar-refractivity contribution in [3.63, 3.8) is 0 Å². The minimum absolute atomic E-state index is 0.218. The molecular weight excluding hydrogens is 619 g/mol. The Morgan fingerprint density at radius 2 is 1.13 bits per heavy atom. The van der Waals surface area contributed by atoms with E-state index in [1.165, 1.54) is 16.7 Å². The van der Waals surface area contributed by atoms with Gasteiger partial charge in [-0.1, -0.05) is 66.5 Å². The summed E-state index contributed by atoms with van der Waals surface area (Å²) < 4.78 is 11.7. The van der Waals surface area contributed by atoms with Crippen LogP contribution < -0.4 is 9.47 Å². The summed E-state index contributed by atoms with van der Waals surface area (Å²) in [6.07, 6.45) is 3.75. The summed E-state index contributed by atoms with van der Waals surface area (Å²) in [5.74, 6) is 2.06. The van der Waals surface area contributed by atoms with Crippen LogP contribution in [0.4, 0.5) is 0 Å². The first-order chi connectivity index (χ1) is 22.3. The Morgan fingerprint density at radius 3 is 1.54 bits per heavy atom. The molecule has 2 aromatic heterocycles. The number of rotatable bonds is 7. The Bertz CT molecular complexity index is 1700. The van der Waals surface area contributed by atoms with Crippen LogP contribution in [0.25, 0.3) is 33.6 Å². The smallest absolute Gasteiger partial charge is 0.218 e. The Hall–Kier alpha value is -3.20. The number of benzene rings is 2. The summed E-state index contributed by atoms with van der Waals surface area (Å²) in [4.78, 5) is 14.8. The van der Waals surface area contributed by atoms with E-state index < -0.39 is 0 Å². The zero-order valence-electron chi connectivity index (χ0n) is 26.4. The van der Waals surface area contributed by atoms with Crippen molar-refractivity contribution in [3.05, 3.63) is 80.8 Å². The summed E-state index contributed by atoms with van der Waals surface area (Å²) in [5.41, 5.74) is 9.79. The SMILES string of the molecule is COc1nc(-c2cccc(-c3cccc(-c4cc5c(c(OC)n4)[C@@H](N4CC(O)C4)CC5)c3Cl)c2Cl)cc2c1[C@H](N1CC(C)C1)CC2. The number of pyridine rings is 2. The van der Waals surface area contributed by atoms with Crippen molar-refractivity contribution in [1.29, 1.82) is 0 Å². The van der Waals surface area contributed by atoms with Crippen LogP contribution in [0.3, 0.4) is 0 Å². The van der Waals surface area contributed by atoms with Crippen molar-refractivity contribution in [2.45, 2.75) is 50.8 Å². The largest absolute Gasteiger partial charge is 0.481 e. The number of hydrogen-bond donors (Lipinski definition) is 1. The minimum atomic E-state index is -0.249. The van der Waals surface area contributed by atoms with Crippen LogP contribution in [0, 0.1) is 5.92 Å². The highest BCUT2D eigenvalue weighted by molar-refractivity contribution is 6.39. The number of methoxy groups -OCH3 is 2. The fourth-order valence-corrected chi connectivity index (χ4v) is 8.75. The van der Waals surface area contributed by atoms with Crippen LogP contribution in [-0.2, 0) is 12.8 Å². The normalized spacial score (nSPS) is 21.5. The lowest BCUT2D eigenvalue weighted by Gasteiger charge is -2.42. The number of halogens is 2. The van der Waals surface area contributed by atoms with Crippen LogP contribution in [-0.4, -0.2) is 71.4 Å². The molecule has 2 saturated heterocycles. The number of fused-ring (bicyclic) bond motifs is 2. The Balaban J connectivity index is 1.15. The average Bonchev–Trinajstić information content (AvgIpc) is 3.65. The van der Waals surface area contributed by atoms with Gasteiger partial charge in [0, 0.05) is 71.6 Å². The third kappa shape index (κ3) is 4.90. The lowest BCUT2D eigenvalue weighted by molar-refractivity contribution is -0.0256. The highest BCUT2D eigenvalue weighted by atomic mass is 35.5. The van der Waals surface area contributed by atoms with Crippen molar-refractivity contribution >= 4 is 23.2 Å². The molecule has 2 aliphatic heterocycles. The molecule has 4 aliphatic rings. The first-order valence-electron chi connectivity index (χ1n) is 16.2. The molecule has 0 spiro atoms. The fraction of sp³-hybridized carbons (Fsp3) is 0.405. The molecule has 0 unspecified atom stereocenters. The van der Waals surface area contributed by atoms with E-state index in [-0.39, 0.29) is 12.1 Å². The summed E-state index contributed by atoms with van der Waals surface area (Å²) in [6, 6.07) is 17.0. The zero-order valence-corrected chi connectivity index (χ0v) is 27.9. The van der Waals surface area contributed by atoms with Gasteiger partial charge in [0.2, 0.25) is 11.8 Å². The van der Waals surface area contributed by atoms with Gasteiger partial charge in [-0.25, -0.2) is 9.97 Å². The maximum Gasteiger partial charge on any atom is 0.218 e. The molecule has 0 bridgehead atoms. The van der Waals surface area contributed by atoms with Crippen molar-refractivity contribution < 1.29 is 14.6 Å². The van der Waals surface area contributed by atoms with Crippen LogP contribution in [0.15, 0.2) is 48.5 Å². The highest BCUT2D eigenvalue weighted by Crippen LogP contribution is 2.48. The molecular formula is C37H38Cl2N4O3. The van der Waals surface area contributed by atoms with Crippen molar-refractivity contribution in [2.24, 2.45) is 5.92 Å². The lowest BCUT2D eigenvalue weighted by atomic mass is 9.96. The van der Waals surface area contributed by atoms with E-state index in [0.717, 1.165) is 83.9 Å². The summed E-state index contributed by atoms with van der Waals surface area (Å²) in [7, 11) is 3.38. The van der Waals surface area contributed by atoms with E-state index in [0.29, 0.717) is 40.9 Å². The number of ether oxygens (including phenoxy) is 2. The van der Waals surface area contributed by atoms with E-state index in [1.54, 1.807) is 14.2 Å². The summed E-state index contributed by atoms with van der Waals surface area (Å²) in [6.45, 7) is 5.93. The van der Waals surface area contributed by atoms with Gasteiger partial charge in [0.1, 0.15) is 0 Å². The molecule has 0 saturated carbocycles. The number of aliphatic hydroxyl groups excluding tert-OH is 1. The van der Waals surface area contributed by atoms with Crippen LogP contribution in [0.1, 0.15) is 54.1 Å². The Morgan fingerprint density at radius 1 is 0.696 bits per heavy atom. The Kier molecular flexibility index (Phi) is 7.73. The molecule has 8 rings (SSSR count). The second-order valence-electron chi connectivity index (χ2n) is 13.3. The van der Waals surface area contributed by atoms with Gasteiger partial charge in [0.25, 0.3) is 0 Å². The maximum atomic E-state index is 9.88. The number of aromatic nitrogens is 2. The van der Waals surface area contributed by atoms with Gasteiger partial charge in [-0.3, -0.25) is 9.80 Å². The molecule has 9 heteroatoms. The van der Waals surface area contributed by atoms with Gasteiger partial charge in [-0.15, -0.1) is 0 Å². The van der Waals surface area contributed by atoms with Gasteiger partial charge < -0.3 is 14.6 Å². The Labute approximate surface area is 280 Å². The molecule has 2 fully saturated rings. The molecule has 4 heterocycles. The first kappa shape index (κ1) is 30.2. The second-order valence-corrected chi connectivity index (χ2v) is 14.0.